The van der Waals surface area contributed by atoms with E-state index < -0.39 is 5.97 Å². The summed E-state index contributed by atoms with van der Waals surface area (Å²) < 4.78 is 0. The first-order valence-electron chi connectivity index (χ1n) is 6.25. The summed E-state index contributed by atoms with van der Waals surface area (Å²) in [4.78, 5) is 14.8. The van der Waals surface area contributed by atoms with E-state index in [4.69, 9.17) is 5.11 Å². The molecule has 18 heavy (non-hydrogen) atoms. The van der Waals surface area contributed by atoms with Gasteiger partial charge in [-0.15, -0.1) is 0 Å². The Kier molecular flexibility index (Phi) is 4.28. The van der Waals surface area contributed by atoms with E-state index in [2.05, 4.69) is 10.3 Å². The lowest BCUT2D eigenvalue weighted by molar-refractivity contribution is 0.0690. The zero-order valence-electron chi connectivity index (χ0n) is 10.2. The van der Waals surface area contributed by atoms with Crippen molar-refractivity contribution in [3.8, 4) is 0 Å². The Morgan fingerprint density at radius 3 is 2.94 bits per heavy atom. The fourth-order valence-electron chi connectivity index (χ4n) is 2.34. The molecule has 1 saturated carbocycles. The number of carbonyl (C=O) groups is 1. The summed E-state index contributed by atoms with van der Waals surface area (Å²) in [5.74, 6) is -0.698. The number of nitrogens with zero attached hydrogens (tertiary/aromatic N) is 1. The van der Waals surface area contributed by atoms with Crippen LogP contribution in [-0.2, 0) is 6.54 Å². The first-order chi connectivity index (χ1) is 8.66. The molecule has 1 aromatic heterocycles. The molecule has 0 saturated heterocycles. The molecule has 1 aliphatic rings. The van der Waals surface area contributed by atoms with Crippen LogP contribution in [0.1, 0.15) is 35.4 Å². The van der Waals surface area contributed by atoms with Crippen LogP contribution >= 0.6 is 0 Å². The Bertz CT molecular complexity index is 422. The van der Waals surface area contributed by atoms with Crippen molar-refractivity contribution in [3.05, 3.63) is 29.6 Å². The van der Waals surface area contributed by atoms with Gasteiger partial charge in [0.1, 0.15) is 5.69 Å². The van der Waals surface area contributed by atoms with Crippen molar-refractivity contribution in [2.75, 3.05) is 6.54 Å². The fourth-order valence-corrected chi connectivity index (χ4v) is 2.34. The van der Waals surface area contributed by atoms with Gasteiger partial charge in [0.15, 0.2) is 0 Å². The molecule has 0 aromatic carbocycles. The molecule has 2 unspecified atom stereocenters. The Morgan fingerprint density at radius 1 is 1.44 bits per heavy atom. The van der Waals surface area contributed by atoms with Gasteiger partial charge in [-0.2, -0.15) is 0 Å². The average Bonchev–Trinajstić information content (AvgIpc) is 2.76. The molecule has 0 aliphatic heterocycles. The lowest BCUT2D eigenvalue weighted by Crippen LogP contribution is -2.27. The number of hydrogen-bond acceptors (Lipinski definition) is 4. The maximum Gasteiger partial charge on any atom is 0.354 e. The molecule has 5 heteroatoms. The first kappa shape index (κ1) is 13.0. The van der Waals surface area contributed by atoms with Gasteiger partial charge in [-0.3, -0.25) is 0 Å². The van der Waals surface area contributed by atoms with Crippen molar-refractivity contribution in [1.82, 2.24) is 10.3 Å². The molecule has 0 bridgehead atoms. The molecule has 5 nitrogen and oxygen atoms in total. The fraction of sp³-hybridized carbons (Fsp3) is 0.538. The normalized spacial score (nSPS) is 23.2. The van der Waals surface area contributed by atoms with Gasteiger partial charge in [0.2, 0.25) is 0 Å². The molecule has 3 N–H and O–H groups in total. The highest BCUT2D eigenvalue weighted by atomic mass is 16.4. The van der Waals surface area contributed by atoms with E-state index in [-0.39, 0.29) is 11.8 Å². The zero-order valence-corrected chi connectivity index (χ0v) is 10.2. The first-order valence-corrected chi connectivity index (χ1v) is 6.25. The Morgan fingerprint density at radius 2 is 2.28 bits per heavy atom. The molecule has 1 fully saturated rings. The van der Waals surface area contributed by atoms with Crippen LogP contribution in [0.5, 0.6) is 0 Å². The molecule has 0 spiro atoms. The third-order valence-corrected chi connectivity index (χ3v) is 3.36. The Balaban J connectivity index is 1.83. The van der Waals surface area contributed by atoms with Crippen LogP contribution in [0.15, 0.2) is 18.2 Å². The van der Waals surface area contributed by atoms with Crippen LogP contribution in [0.2, 0.25) is 0 Å². The van der Waals surface area contributed by atoms with Crippen molar-refractivity contribution in [2.24, 2.45) is 5.92 Å². The van der Waals surface area contributed by atoms with Gasteiger partial charge in [-0.1, -0.05) is 12.5 Å². The number of aliphatic hydroxyl groups is 1. The number of carboxylic acid groups (broad SMARTS) is 1. The molecular weight excluding hydrogens is 232 g/mol. The lowest BCUT2D eigenvalue weighted by Gasteiger charge is -2.14. The summed E-state index contributed by atoms with van der Waals surface area (Å²) in [5.41, 5.74) is 0.776. The molecular formula is C13H18N2O3. The van der Waals surface area contributed by atoms with Gasteiger partial charge < -0.3 is 15.5 Å². The molecule has 0 amide bonds. The van der Waals surface area contributed by atoms with Gasteiger partial charge in [-0.25, -0.2) is 9.78 Å². The Hall–Kier alpha value is -1.46. The predicted molar refractivity (Wildman–Crippen MR) is 66.3 cm³/mol. The highest BCUT2D eigenvalue weighted by Gasteiger charge is 2.24. The van der Waals surface area contributed by atoms with E-state index in [9.17, 15) is 9.90 Å². The van der Waals surface area contributed by atoms with Crippen molar-refractivity contribution < 1.29 is 15.0 Å². The summed E-state index contributed by atoms with van der Waals surface area (Å²) in [6, 6.07) is 4.97. The van der Waals surface area contributed by atoms with E-state index in [0.29, 0.717) is 18.2 Å². The minimum Gasteiger partial charge on any atom is -0.477 e. The van der Waals surface area contributed by atoms with E-state index in [0.717, 1.165) is 25.8 Å². The maximum absolute atomic E-state index is 10.8. The smallest absolute Gasteiger partial charge is 0.354 e. The number of rotatable bonds is 5. The van der Waals surface area contributed by atoms with Crippen molar-refractivity contribution in [1.29, 1.82) is 0 Å². The maximum atomic E-state index is 10.8. The number of aliphatic hydroxyl groups excluding tert-OH is 1. The summed E-state index contributed by atoms with van der Waals surface area (Å²) in [6.45, 7) is 1.28. The number of aromatic carboxylic acids is 1. The SMILES string of the molecule is O=C(O)c1cccc(CNCC2CCCC2O)n1. The second-order valence-corrected chi connectivity index (χ2v) is 4.71. The number of nitrogens with one attached hydrogen (secondary N) is 1. The molecule has 2 atom stereocenters. The average molecular weight is 250 g/mol. The van der Waals surface area contributed by atoms with Crippen LogP contribution in [0, 0.1) is 5.92 Å². The summed E-state index contributed by atoms with van der Waals surface area (Å²) >= 11 is 0. The van der Waals surface area contributed by atoms with Crippen LogP contribution < -0.4 is 5.32 Å². The van der Waals surface area contributed by atoms with Crippen LogP contribution in [0.4, 0.5) is 0 Å². The third kappa shape index (κ3) is 3.27. The molecule has 98 valence electrons. The molecule has 1 aromatic rings. The highest BCUT2D eigenvalue weighted by Crippen LogP contribution is 2.24. The monoisotopic (exact) mass is 250 g/mol. The van der Waals surface area contributed by atoms with Gasteiger partial charge >= 0.3 is 5.97 Å². The van der Waals surface area contributed by atoms with Crippen LogP contribution in [-0.4, -0.2) is 33.8 Å². The highest BCUT2D eigenvalue weighted by molar-refractivity contribution is 5.85. The van der Waals surface area contributed by atoms with Gasteiger partial charge in [0, 0.05) is 13.1 Å². The lowest BCUT2D eigenvalue weighted by atomic mass is 10.1. The van der Waals surface area contributed by atoms with E-state index in [1.165, 1.54) is 6.07 Å². The third-order valence-electron chi connectivity index (χ3n) is 3.36. The van der Waals surface area contributed by atoms with Crippen molar-refractivity contribution in [2.45, 2.75) is 31.9 Å². The zero-order chi connectivity index (χ0) is 13.0. The van der Waals surface area contributed by atoms with E-state index >= 15 is 0 Å². The van der Waals surface area contributed by atoms with Crippen molar-refractivity contribution in [3.63, 3.8) is 0 Å². The summed E-state index contributed by atoms with van der Waals surface area (Å²) in [7, 11) is 0. The summed E-state index contributed by atoms with van der Waals surface area (Å²) in [6.07, 6.45) is 2.83. The van der Waals surface area contributed by atoms with E-state index in [1.807, 2.05) is 0 Å². The van der Waals surface area contributed by atoms with Gasteiger partial charge in [0.25, 0.3) is 0 Å². The van der Waals surface area contributed by atoms with Gasteiger partial charge in [-0.05, 0) is 30.9 Å². The Labute approximate surface area is 106 Å². The number of hydrogen-bond donors (Lipinski definition) is 3. The summed E-state index contributed by atoms with van der Waals surface area (Å²) in [5, 5.41) is 21.7. The quantitative estimate of drug-likeness (QED) is 0.727. The minimum absolute atomic E-state index is 0.0650. The molecule has 1 heterocycles. The van der Waals surface area contributed by atoms with Crippen LogP contribution in [0.3, 0.4) is 0 Å². The standard InChI is InChI=1S/C13H18N2O3/c16-12-6-1-3-9(12)7-14-8-10-4-2-5-11(15-10)13(17)18/h2,4-5,9,12,14,16H,1,3,6-8H2,(H,17,18). The number of carboxylic acids is 1. The predicted octanol–water partition coefficient (Wildman–Crippen LogP) is 1.03. The molecule has 2 rings (SSSR count). The topological polar surface area (TPSA) is 82.5 Å². The minimum atomic E-state index is -1.01. The number of aromatic nitrogens is 1. The van der Waals surface area contributed by atoms with Gasteiger partial charge in [0.05, 0.1) is 11.8 Å². The molecule has 0 radical (unpaired) electrons. The second kappa shape index (κ2) is 5.93. The van der Waals surface area contributed by atoms with Crippen LogP contribution in [0.25, 0.3) is 0 Å². The largest absolute Gasteiger partial charge is 0.477 e. The number of pyridine rings is 1. The molecule has 1 aliphatic carbocycles. The second-order valence-electron chi connectivity index (χ2n) is 4.71. The van der Waals surface area contributed by atoms with E-state index in [1.54, 1.807) is 12.1 Å². The van der Waals surface area contributed by atoms with Crippen molar-refractivity contribution >= 4 is 5.97 Å².